The van der Waals surface area contributed by atoms with Crippen LogP contribution in [0, 0.1) is 39.9 Å². The van der Waals surface area contributed by atoms with Gasteiger partial charge in [0.1, 0.15) is 39.1 Å². The molecule has 0 fully saturated rings. The van der Waals surface area contributed by atoms with E-state index < -0.39 is 43.1 Å². The molecule has 0 amide bonds. The molecule has 0 spiro atoms. The van der Waals surface area contributed by atoms with Crippen LogP contribution >= 0.6 is 0 Å². The largest absolute Gasteiger partial charge is 0.464 e. The second-order valence-electron chi connectivity index (χ2n) is 3.92. The van der Waals surface area contributed by atoms with Crippen molar-refractivity contribution in [3.05, 3.63) is 0 Å². The summed E-state index contributed by atoms with van der Waals surface area (Å²) in [7, 11) is 0. The molecule has 0 N–H and O–H groups in total. The van der Waals surface area contributed by atoms with Gasteiger partial charge in [0, 0.05) is 0 Å². The molecule has 0 aliphatic carbocycles. The summed E-state index contributed by atoms with van der Waals surface area (Å²) in [6.07, 6.45) is -1.31. The maximum absolute atomic E-state index is 11.1. The van der Waals surface area contributed by atoms with E-state index in [9.17, 15) is 14.4 Å². The smallest absolute Gasteiger partial charge is 0.320 e. The van der Waals surface area contributed by atoms with Crippen molar-refractivity contribution in [2.24, 2.45) is 5.92 Å². The molecule has 0 aliphatic rings. The highest BCUT2D eigenvalue weighted by Gasteiger charge is 2.17. The number of esters is 3. The van der Waals surface area contributed by atoms with E-state index in [4.69, 9.17) is 30.0 Å². The molecule has 0 saturated carbocycles. The lowest BCUT2D eigenvalue weighted by molar-refractivity contribution is -0.152. The number of carbonyl (C=O) groups excluding carboxylic acids is 3. The molecular formula is C13H13N3O6. The molecule has 0 rings (SSSR count). The zero-order valence-corrected chi connectivity index (χ0v) is 11.6. The predicted octanol–water partition coefficient (Wildman–Crippen LogP) is -0.0268. The van der Waals surface area contributed by atoms with Gasteiger partial charge in [0.05, 0.1) is 24.1 Å². The fourth-order valence-corrected chi connectivity index (χ4v) is 1.12. The lowest BCUT2D eigenvalue weighted by atomic mass is 10.2. The van der Waals surface area contributed by atoms with Gasteiger partial charge in [-0.05, 0) is 0 Å². The summed E-state index contributed by atoms with van der Waals surface area (Å²) in [5, 5.41) is 25.0. The molecule has 0 aliphatic heterocycles. The maximum atomic E-state index is 11.1. The van der Waals surface area contributed by atoms with E-state index in [0.29, 0.717) is 0 Å². The lowest BCUT2D eigenvalue weighted by Gasteiger charge is -2.16. The van der Waals surface area contributed by atoms with Gasteiger partial charge < -0.3 is 14.2 Å². The predicted molar refractivity (Wildman–Crippen MR) is 67.1 cm³/mol. The molecule has 0 atom stereocenters. The highest BCUT2D eigenvalue weighted by molar-refractivity contribution is 5.72. The summed E-state index contributed by atoms with van der Waals surface area (Å²) in [6.45, 7) is -0.708. The van der Waals surface area contributed by atoms with Crippen molar-refractivity contribution in [1.82, 2.24) is 0 Å². The van der Waals surface area contributed by atoms with Gasteiger partial charge >= 0.3 is 17.9 Å². The molecule has 9 heteroatoms. The molecule has 0 bridgehead atoms. The second-order valence-corrected chi connectivity index (χ2v) is 3.92. The Hall–Kier alpha value is -3.12. The normalized spacial score (nSPS) is 9.00. The van der Waals surface area contributed by atoms with E-state index in [1.165, 1.54) is 0 Å². The molecule has 0 aromatic carbocycles. The SMILES string of the molecule is N#CCC(=O)OCC(COC(=O)CC#N)COC(=O)CC#N. The number of rotatable bonds is 9. The Kier molecular flexibility index (Phi) is 10.0. The summed E-state index contributed by atoms with van der Waals surface area (Å²) in [5.41, 5.74) is 0. The van der Waals surface area contributed by atoms with E-state index in [-0.39, 0.29) is 19.8 Å². The van der Waals surface area contributed by atoms with Crippen molar-refractivity contribution in [1.29, 1.82) is 15.8 Å². The average Bonchev–Trinajstić information content (AvgIpc) is 2.47. The highest BCUT2D eigenvalue weighted by atomic mass is 16.6. The summed E-state index contributed by atoms with van der Waals surface area (Å²) in [6, 6.07) is 4.82. The Morgan fingerprint density at radius 1 is 0.682 bits per heavy atom. The number of ether oxygens (including phenoxy) is 3. The first-order valence-electron chi connectivity index (χ1n) is 6.11. The molecular weight excluding hydrogens is 294 g/mol. The maximum Gasteiger partial charge on any atom is 0.320 e. The second kappa shape index (κ2) is 11.7. The molecule has 9 nitrogen and oxygen atoms in total. The van der Waals surface area contributed by atoms with E-state index in [1.54, 1.807) is 18.2 Å². The minimum Gasteiger partial charge on any atom is -0.464 e. The molecule has 0 unspecified atom stereocenters. The fraction of sp³-hybridized carbons (Fsp3) is 0.538. The summed E-state index contributed by atoms with van der Waals surface area (Å²) in [5.74, 6) is -2.95. The van der Waals surface area contributed by atoms with Gasteiger partial charge in [-0.3, -0.25) is 14.4 Å². The van der Waals surface area contributed by atoms with Crippen LogP contribution in [0.2, 0.25) is 0 Å². The van der Waals surface area contributed by atoms with E-state index in [2.05, 4.69) is 0 Å². The van der Waals surface area contributed by atoms with Gasteiger partial charge in [-0.1, -0.05) is 0 Å². The van der Waals surface area contributed by atoms with Crippen LogP contribution in [0.5, 0.6) is 0 Å². The minimum atomic E-state index is -0.765. The molecule has 116 valence electrons. The number of nitrogens with zero attached hydrogens (tertiary/aromatic N) is 3. The van der Waals surface area contributed by atoms with Crippen molar-refractivity contribution in [3.63, 3.8) is 0 Å². The molecule has 0 radical (unpaired) electrons. The van der Waals surface area contributed by atoms with Crippen molar-refractivity contribution >= 4 is 17.9 Å². The Morgan fingerprint density at radius 3 is 1.18 bits per heavy atom. The van der Waals surface area contributed by atoms with Gasteiger partial charge in [-0.2, -0.15) is 15.8 Å². The van der Waals surface area contributed by atoms with Crippen LogP contribution < -0.4 is 0 Å². The van der Waals surface area contributed by atoms with Crippen LogP contribution in [0.1, 0.15) is 19.3 Å². The average molecular weight is 307 g/mol. The fourth-order valence-electron chi connectivity index (χ4n) is 1.12. The molecule has 0 heterocycles. The quantitative estimate of drug-likeness (QED) is 0.422. The third-order valence-corrected chi connectivity index (χ3v) is 2.11. The summed E-state index contributed by atoms with van der Waals surface area (Å²) < 4.78 is 14.3. The summed E-state index contributed by atoms with van der Waals surface area (Å²) in [4.78, 5) is 33.2. The first-order chi connectivity index (χ1) is 10.5. The Bertz CT molecular complexity index is 449. The van der Waals surface area contributed by atoms with Crippen molar-refractivity contribution in [2.45, 2.75) is 19.3 Å². The third-order valence-electron chi connectivity index (χ3n) is 2.11. The Morgan fingerprint density at radius 2 is 0.955 bits per heavy atom. The van der Waals surface area contributed by atoms with E-state index in [1.807, 2.05) is 0 Å². The lowest BCUT2D eigenvalue weighted by Crippen LogP contribution is -2.26. The first-order valence-corrected chi connectivity index (χ1v) is 6.11. The van der Waals surface area contributed by atoms with Crippen LogP contribution in [-0.2, 0) is 28.6 Å². The summed E-state index contributed by atoms with van der Waals surface area (Å²) >= 11 is 0. The number of nitriles is 3. The van der Waals surface area contributed by atoms with Gasteiger partial charge in [-0.25, -0.2) is 0 Å². The van der Waals surface area contributed by atoms with Crippen LogP contribution in [0.3, 0.4) is 0 Å². The third kappa shape index (κ3) is 9.76. The van der Waals surface area contributed by atoms with Gasteiger partial charge in [0.25, 0.3) is 0 Å². The van der Waals surface area contributed by atoms with Crippen molar-refractivity contribution in [2.75, 3.05) is 19.8 Å². The Balaban J connectivity index is 4.37. The molecule has 0 aromatic heterocycles. The van der Waals surface area contributed by atoms with Gasteiger partial charge in [0.15, 0.2) is 0 Å². The first kappa shape index (κ1) is 18.9. The monoisotopic (exact) mass is 307 g/mol. The van der Waals surface area contributed by atoms with Crippen LogP contribution in [-0.4, -0.2) is 37.7 Å². The number of hydrogen-bond donors (Lipinski definition) is 0. The van der Waals surface area contributed by atoms with Gasteiger partial charge in [0.2, 0.25) is 0 Å². The van der Waals surface area contributed by atoms with Crippen molar-refractivity contribution in [3.8, 4) is 18.2 Å². The molecule has 0 aromatic rings. The van der Waals surface area contributed by atoms with E-state index in [0.717, 1.165) is 0 Å². The van der Waals surface area contributed by atoms with E-state index >= 15 is 0 Å². The van der Waals surface area contributed by atoms with Crippen molar-refractivity contribution < 1.29 is 28.6 Å². The molecule has 0 saturated heterocycles. The van der Waals surface area contributed by atoms with Crippen LogP contribution in [0.25, 0.3) is 0 Å². The number of carbonyl (C=O) groups is 3. The zero-order chi connectivity index (χ0) is 16.8. The standard InChI is InChI=1S/C13H13N3O6/c14-4-1-11(17)20-7-10(8-21-12(18)2-5-15)9-22-13(19)3-6-16/h10H,1-3,7-9H2. The number of hydrogen-bond acceptors (Lipinski definition) is 9. The highest BCUT2D eigenvalue weighted by Crippen LogP contribution is 2.04. The van der Waals surface area contributed by atoms with Crippen LogP contribution in [0.4, 0.5) is 0 Å². The Labute approximate surface area is 126 Å². The topological polar surface area (TPSA) is 150 Å². The minimum absolute atomic E-state index is 0.236. The van der Waals surface area contributed by atoms with Crippen LogP contribution in [0.15, 0.2) is 0 Å². The van der Waals surface area contributed by atoms with Gasteiger partial charge in [-0.15, -0.1) is 0 Å². The molecule has 22 heavy (non-hydrogen) atoms. The zero-order valence-electron chi connectivity index (χ0n) is 11.6.